The zero-order chi connectivity index (χ0) is 10.1. The van der Waals surface area contributed by atoms with Gasteiger partial charge >= 0.3 is 100 Å². The summed E-state index contributed by atoms with van der Waals surface area (Å²) in [6.07, 6.45) is 0. The third-order valence-corrected chi connectivity index (χ3v) is 4.96. The number of nitrogens with zero attached hydrogens (tertiary/aromatic N) is 2. The molecular formula is C9H7ClN2Se2. The number of rotatable bonds is 1. The third kappa shape index (κ3) is 1.95. The van der Waals surface area contributed by atoms with Gasteiger partial charge in [-0.25, -0.2) is 0 Å². The van der Waals surface area contributed by atoms with Crippen LogP contribution in [0.3, 0.4) is 0 Å². The number of aryl methyl sites for hydroxylation is 1. The van der Waals surface area contributed by atoms with Crippen molar-refractivity contribution < 1.29 is 0 Å². The van der Waals surface area contributed by atoms with Gasteiger partial charge in [0.05, 0.1) is 0 Å². The van der Waals surface area contributed by atoms with Crippen molar-refractivity contribution in [2.24, 2.45) is 0 Å². The van der Waals surface area contributed by atoms with Gasteiger partial charge < -0.3 is 0 Å². The van der Waals surface area contributed by atoms with Crippen molar-refractivity contribution >= 4 is 54.4 Å². The van der Waals surface area contributed by atoms with Gasteiger partial charge in [-0.15, -0.1) is 0 Å². The molecule has 0 spiro atoms. The maximum atomic E-state index is 5.93. The van der Waals surface area contributed by atoms with Gasteiger partial charge in [0, 0.05) is 0 Å². The van der Waals surface area contributed by atoms with Gasteiger partial charge in [0.15, 0.2) is 0 Å². The fourth-order valence-electron chi connectivity index (χ4n) is 1.25. The Bertz CT molecular complexity index is 487. The monoisotopic (exact) mass is 338 g/mol. The minimum absolute atomic E-state index is 0.309. The van der Waals surface area contributed by atoms with Gasteiger partial charge in [0.1, 0.15) is 0 Å². The number of halogens is 1. The quantitative estimate of drug-likeness (QED) is 0.718. The molecule has 0 N–H and O–H groups in total. The Kier molecular flexibility index (Phi) is 3.10. The molecule has 14 heavy (non-hydrogen) atoms. The zero-order valence-electron chi connectivity index (χ0n) is 7.36. The average Bonchev–Trinajstić information content (AvgIpc) is 2.17. The van der Waals surface area contributed by atoms with Gasteiger partial charge in [-0.05, 0) is 0 Å². The average molecular weight is 337 g/mol. The first-order valence-electron chi connectivity index (χ1n) is 3.96. The second kappa shape index (κ2) is 4.18. The van der Waals surface area contributed by atoms with Gasteiger partial charge in [-0.3, -0.25) is 0 Å². The normalized spacial score (nSPS) is 10.8. The minimum atomic E-state index is 0.309. The van der Waals surface area contributed by atoms with Crippen molar-refractivity contribution in [1.82, 2.24) is 9.97 Å². The molecule has 0 bridgehead atoms. The molecule has 0 saturated carbocycles. The molecule has 0 unspecified atom stereocenters. The molecule has 0 atom stereocenters. The molecule has 0 fully saturated rings. The van der Waals surface area contributed by atoms with E-state index in [9.17, 15) is 0 Å². The summed E-state index contributed by atoms with van der Waals surface area (Å²) >= 11 is 8.83. The number of hydrogen-bond acceptors (Lipinski definition) is 2. The molecule has 0 amide bonds. The predicted octanol–water partition coefficient (Wildman–Crippen LogP) is 0.737. The van der Waals surface area contributed by atoms with E-state index >= 15 is 0 Å². The van der Waals surface area contributed by atoms with E-state index < -0.39 is 0 Å². The molecule has 72 valence electrons. The van der Waals surface area contributed by atoms with Crippen molar-refractivity contribution in [3.8, 4) is 0 Å². The van der Waals surface area contributed by atoms with Crippen LogP contribution in [0.1, 0.15) is 5.82 Å². The van der Waals surface area contributed by atoms with Crippen LogP contribution in [0.2, 0.25) is 5.02 Å². The predicted molar refractivity (Wildman–Crippen MR) is 61.8 cm³/mol. The Morgan fingerprint density at radius 3 is 2.86 bits per heavy atom. The van der Waals surface area contributed by atoms with Crippen LogP contribution < -0.4 is 4.59 Å². The Hall–Kier alpha value is -0.111. The topological polar surface area (TPSA) is 25.8 Å². The first kappa shape index (κ1) is 10.4. The van der Waals surface area contributed by atoms with Crippen LogP contribution in [0.4, 0.5) is 0 Å². The molecule has 0 saturated heterocycles. The summed E-state index contributed by atoms with van der Waals surface area (Å²) < 4.78 is 1.10. The fraction of sp³-hybridized carbons (Fsp3) is 0.111. The van der Waals surface area contributed by atoms with Gasteiger partial charge in [-0.1, -0.05) is 0 Å². The van der Waals surface area contributed by atoms with Crippen LogP contribution in [0.25, 0.3) is 10.9 Å². The SMILES string of the molecule is Cc1nc([Se][SeH])c2cc(Cl)ccc2n1. The first-order chi connectivity index (χ1) is 6.70. The number of fused-ring (bicyclic) bond motifs is 1. The Balaban J connectivity index is 2.81. The Labute approximate surface area is 100.0 Å². The zero-order valence-corrected chi connectivity index (χ0v) is 11.7. The molecule has 2 aromatic rings. The number of benzene rings is 1. The third-order valence-electron chi connectivity index (χ3n) is 1.82. The van der Waals surface area contributed by atoms with E-state index in [-0.39, 0.29) is 0 Å². The Morgan fingerprint density at radius 1 is 1.36 bits per heavy atom. The van der Waals surface area contributed by atoms with Gasteiger partial charge in [0.2, 0.25) is 0 Å². The van der Waals surface area contributed by atoms with Gasteiger partial charge in [-0.2, -0.15) is 0 Å². The summed E-state index contributed by atoms with van der Waals surface area (Å²) in [4.78, 5) is 8.76. The second-order valence-electron chi connectivity index (χ2n) is 2.83. The molecule has 0 radical (unpaired) electrons. The summed E-state index contributed by atoms with van der Waals surface area (Å²) in [5, 5.41) is 1.81. The van der Waals surface area contributed by atoms with E-state index in [1.807, 2.05) is 25.1 Å². The first-order valence-corrected chi connectivity index (χ1v) is 9.94. The number of aromatic nitrogens is 2. The standard InChI is InChI=1S/C9H7ClN2Se2/c1-5-11-8-3-2-6(10)4-7(8)9(12-5)14-13/h2-4,13H,1H3. The number of hydrogen-bond donors (Lipinski definition) is 0. The van der Waals surface area contributed by atoms with Crippen LogP contribution in [0.5, 0.6) is 0 Å². The van der Waals surface area contributed by atoms with Crippen molar-refractivity contribution in [1.29, 1.82) is 0 Å². The van der Waals surface area contributed by atoms with E-state index in [1.54, 1.807) is 0 Å². The van der Waals surface area contributed by atoms with E-state index in [0.29, 0.717) is 13.1 Å². The summed E-state index contributed by atoms with van der Waals surface area (Å²) in [5.74, 6) is 0.822. The maximum absolute atomic E-state index is 5.93. The molecule has 2 nitrogen and oxygen atoms in total. The molecule has 2 rings (SSSR count). The van der Waals surface area contributed by atoms with E-state index in [0.717, 1.165) is 26.3 Å². The second-order valence-corrected chi connectivity index (χ2v) is 6.45. The molecule has 1 heterocycles. The van der Waals surface area contributed by atoms with Crippen molar-refractivity contribution in [2.75, 3.05) is 0 Å². The molecule has 5 heteroatoms. The molecule has 0 aliphatic rings. The van der Waals surface area contributed by atoms with E-state index in [4.69, 9.17) is 11.6 Å². The summed E-state index contributed by atoms with van der Waals surface area (Å²) in [6.45, 7) is 1.91. The fourth-order valence-corrected chi connectivity index (χ4v) is 3.85. The van der Waals surface area contributed by atoms with Crippen LogP contribution in [0.15, 0.2) is 18.2 Å². The summed E-state index contributed by atoms with van der Waals surface area (Å²) in [7, 11) is 0. The molecule has 0 aliphatic carbocycles. The van der Waals surface area contributed by atoms with Crippen LogP contribution in [-0.4, -0.2) is 37.3 Å². The molecule has 0 aliphatic heterocycles. The van der Waals surface area contributed by atoms with E-state index in [1.165, 1.54) is 0 Å². The molecule has 1 aromatic carbocycles. The van der Waals surface area contributed by atoms with Crippen molar-refractivity contribution in [2.45, 2.75) is 6.92 Å². The van der Waals surface area contributed by atoms with E-state index in [2.05, 4.69) is 24.2 Å². The van der Waals surface area contributed by atoms with Gasteiger partial charge in [0.25, 0.3) is 0 Å². The molecule has 1 aromatic heterocycles. The Morgan fingerprint density at radius 2 is 2.14 bits per heavy atom. The van der Waals surface area contributed by atoms with Crippen LogP contribution in [-0.2, 0) is 0 Å². The van der Waals surface area contributed by atoms with Crippen molar-refractivity contribution in [3.63, 3.8) is 0 Å². The summed E-state index contributed by atoms with van der Waals surface area (Å²) in [5.41, 5.74) is 0.977. The van der Waals surface area contributed by atoms with Crippen LogP contribution >= 0.6 is 11.6 Å². The van der Waals surface area contributed by atoms with Crippen LogP contribution in [0, 0.1) is 6.92 Å². The molecular weight excluding hydrogens is 329 g/mol. The van der Waals surface area contributed by atoms with Crippen molar-refractivity contribution in [3.05, 3.63) is 29.0 Å². The summed E-state index contributed by atoms with van der Waals surface area (Å²) in [6, 6.07) is 5.73.